The number of ether oxygens (including phenoxy) is 2. The molecule has 1 aromatic heterocycles. The molecule has 0 radical (unpaired) electrons. The predicted octanol–water partition coefficient (Wildman–Crippen LogP) is 3.07. The van der Waals surface area contributed by atoms with Crippen LogP contribution in [0.25, 0.3) is 0 Å². The van der Waals surface area contributed by atoms with E-state index in [2.05, 4.69) is 9.88 Å². The van der Waals surface area contributed by atoms with E-state index in [0.29, 0.717) is 36.1 Å². The topological polar surface area (TPSA) is 92.2 Å². The number of carbonyl (C=O) groups is 2. The summed E-state index contributed by atoms with van der Waals surface area (Å²) in [5, 5.41) is 11.6. The highest BCUT2D eigenvalue weighted by Gasteiger charge is 2.44. The molecule has 1 aromatic carbocycles. The number of hydrogen-bond acceptors (Lipinski definition) is 8. The maximum absolute atomic E-state index is 13.5. The molecule has 9 heteroatoms. The highest BCUT2D eigenvalue weighted by atomic mass is 32.1. The van der Waals surface area contributed by atoms with Crippen LogP contribution in [0.1, 0.15) is 38.4 Å². The zero-order valence-electron chi connectivity index (χ0n) is 19.2. The van der Waals surface area contributed by atoms with Crippen molar-refractivity contribution in [3.63, 3.8) is 0 Å². The number of nitrogens with zero attached hydrogens (tertiary/aromatic N) is 3. The van der Waals surface area contributed by atoms with Crippen LogP contribution in [0.3, 0.4) is 0 Å². The molecule has 1 N–H and O–H groups in total. The lowest BCUT2D eigenvalue weighted by atomic mass is 9.95. The minimum absolute atomic E-state index is 0.114. The summed E-state index contributed by atoms with van der Waals surface area (Å²) in [7, 11) is 1.58. The number of ketones is 1. The number of amides is 1. The van der Waals surface area contributed by atoms with Gasteiger partial charge in [0.05, 0.1) is 47.5 Å². The summed E-state index contributed by atoms with van der Waals surface area (Å²) in [6, 6.07) is 6.60. The highest BCUT2D eigenvalue weighted by molar-refractivity contribution is 7.14. The van der Waals surface area contributed by atoms with Gasteiger partial charge in [-0.3, -0.25) is 14.5 Å². The van der Waals surface area contributed by atoms with E-state index in [-0.39, 0.29) is 11.4 Å². The number of Topliss-reactive ketones (excluding diaryl/α,β-unsaturated/α-hetero) is 1. The smallest absolute Gasteiger partial charge is 0.290 e. The number of methoxy groups -OCH3 is 1. The van der Waals surface area contributed by atoms with Gasteiger partial charge in [-0.25, -0.2) is 4.98 Å². The van der Waals surface area contributed by atoms with Crippen LogP contribution in [0, 0.1) is 13.8 Å². The van der Waals surface area contributed by atoms with Gasteiger partial charge >= 0.3 is 0 Å². The quantitative estimate of drug-likeness (QED) is 0.592. The molecule has 1 atom stereocenters. The second-order valence-electron chi connectivity index (χ2n) is 8.22. The summed E-state index contributed by atoms with van der Waals surface area (Å²) >= 11 is 1.28. The van der Waals surface area contributed by atoms with Gasteiger partial charge in [0.25, 0.3) is 5.91 Å². The van der Waals surface area contributed by atoms with Gasteiger partial charge in [0.2, 0.25) is 5.78 Å². The summed E-state index contributed by atoms with van der Waals surface area (Å²) in [6.45, 7) is 8.01. The number of thiazole rings is 1. The van der Waals surface area contributed by atoms with E-state index in [1.54, 1.807) is 31.1 Å². The molecule has 3 heterocycles. The van der Waals surface area contributed by atoms with Crippen LogP contribution in [0.4, 0.5) is 0 Å². The maximum Gasteiger partial charge on any atom is 0.290 e. The van der Waals surface area contributed by atoms with Crippen molar-refractivity contribution in [2.45, 2.75) is 26.3 Å². The highest BCUT2D eigenvalue weighted by Crippen LogP contribution is 2.40. The molecule has 1 amide bonds. The number of aliphatic hydroxyl groups is 1. The van der Waals surface area contributed by atoms with E-state index in [9.17, 15) is 14.7 Å². The van der Waals surface area contributed by atoms with Gasteiger partial charge in [-0.15, -0.1) is 11.3 Å². The normalized spacial score (nSPS) is 19.4. The van der Waals surface area contributed by atoms with Crippen LogP contribution in [-0.2, 0) is 9.53 Å². The Balaban J connectivity index is 1.63. The molecule has 0 bridgehead atoms. The minimum Gasteiger partial charge on any atom is -0.503 e. The Morgan fingerprint density at radius 3 is 2.52 bits per heavy atom. The molecule has 33 heavy (non-hydrogen) atoms. The first kappa shape index (κ1) is 23.4. The number of rotatable bonds is 8. The zero-order chi connectivity index (χ0) is 23.5. The average Bonchev–Trinajstić information content (AvgIpc) is 3.29. The van der Waals surface area contributed by atoms with Crippen LogP contribution in [0.15, 0.2) is 35.6 Å². The van der Waals surface area contributed by atoms with Gasteiger partial charge in [0, 0.05) is 26.2 Å². The molecule has 1 fully saturated rings. The molecule has 2 aliphatic rings. The van der Waals surface area contributed by atoms with E-state index in [4.69, 9.17) is 9.47 Å². The Bertz CT molecular complexity index is 1060. The Hall–Kier alpha value is -2.75. The summed E-state index contributed by atoms with van der Waals surface area (Å²) in [5.41, 5.74) is 1.47. The monoisotopic (exact) mass is 471 g/mol. The lowest BCUT2D eigenvalue weighted by molar-refractivity contribution is -0.129. The van der Waals surface area contributed by atoms with Crippen molar-refractivity contribution in [2.75, 3.05) is 46.5 Å². The Morgan fingerprint density at radius 1 is 1.21 bits per heavy atom. The van der Waals surface area contributed by atoms with Crippen LogP contribution in [0.5, 0.6) is 5.75 Å². The Kier molecular flexibility index (Phi) is 7.11. The van der Waals surface area contributed by atoms with E-state index in [0.717, 1.165) is 36.6 Å². The number of morpholine rings is 1. The SMILES string of the molecule is COc1ccc([C@H]2C(C(=O)c3sc(C)nc3C)=C(O)C(=O)N2CCCN2CCOCC2)cc1. The van der Waals surface area contributed by atoms with Crippen LogP contribution >= 0.6 is 11.3 Å². The maximum atomic E-state index is 13.5. The number of carbonyl (C=O) groups excluding carboxylic acids is 2. The molecule has 0 spiro atoms. The predicted molar refractivity (Wildman–Crippen MR) is 125 cm³/mol. The third kappa shape index (κ3) is 4.80. The number of aryl methyl sites for hydroxylation is 2. The van der Waals surface area contributed by atoms with Gasteiger partial charge in [0.1, 0.15) is 5.75 Å². The van der Waals surface area contributed by atoms with Crippen molar-refractivity contribution in [3.8, 4) is 5.75 Å². The molecular formula is C24H29N3O5S. The van der Waals surface area contributed by atoms with Crippen LogP contribution in [0.2, 0.25) is 0 Å². The Morgan fingerprint density at radius 2 is 1.91 bits per heavy atom. The second kappa shape index (κ2) is 10.0. The zero-order valence-corrected chi connectivity index (χ0v) is 20.0. The number of benzene rings is 1. The van der Waals surface area contributed by atoms with Crippen LogP contribution < -0.4 is 4.74 Å². The number of aliphatic hydroxyl groups excluding tert-OH is 1. The molecule has 2 aliphatic heterocycles. The minimum atomic E-state index is -0.664. The second-order valence-corrected chi connectivity index (χ2v) is 9.42. The fourth-order valence-corrected chi connectivity index (χ4v) is 5.28. The first-order valence-corrected chi connectivity index (χ1v) is 11.9. The van der Waals surface area contributed by atoms with Crippen molar-refractivity contribution >= 4 is 23.0 Å². The molecule has 0 saturated carbocycles. The standard InChI is InChI=1S/C24H29N3O5S/c1-15-23(33-16(2)25-15)21(28)19-20(17-5-7-18(31-3)8-6-17)27(24(30)22(19)29)10-4-9-26-11-13-32-14-12-26/h5-8,20,29H,4,9-14H2,1-3H3/t20-/m0/s1. The third-order valence-corrected chi connectivity index (χ3v) is 7.14. The van der Waals surface area contributed by atoms with Gasteiger partial charge in [0.15, 0.2) is 5.76 Å². The molecule has 4 rings (SSSR count). The molecule has 0 unspecified atom stereocenters. The molecule has 1 saturated heterocycles. The molecule has 2 aromatic rings. The summed E-state index contributed by atoms with van der Waals surface area (Å²) in [6.07, 6.45) is 0.728. The van der Waals surface area contributed by atoms with Gasteiger partial charge in [-0.05, 0) is 38.0 Å². The van der Waals surface area contributed by atoms with Crippen molar-refractivity contribution in [1.82, 2.24) is 14.8 Å². The first-order valence-electron chi connectivity index (χ1n) is 11.1. The summed E-state index contributed by atoms with van der Waals surface area (Å²) in [5.74, 6) is -0.657. The first-order chi connectivity index (χ1) is 15.9. The van der Waals surface area contributed by atoms with Crippen LogP contribution in [-0.4, -0.2) is 78.1 Å². The van der Waals surface area contributed by atoms with E-state index in [1.807, 2.05) is 19.1 Å². The largest absolute Gasteiger partial charge is 0.503 e. The summed E-state index contributed by atoms with van der Waals surface area (Å²) < 4.78 is 10.7. The summed E-state index contributed by atoms with van der Waals surface area (Å²) in [4.78, 5) is 35.4. The lowest BCUT2D eigenvalue weighted by Crippen LogP contribution is -2.39. The van der Waals surface area contributed by atoms with Gasteiger partial charge in [-0.2, -0.15) is 0 Å². The van der Waals surface area contributed by atoms with Gasteiger partial charge < -0.3 is 19.5 Å². The van der Waals surface area contributed by atoms with Crippen molar-refractivity contribution in [1.29, 1.82) is 0 Å². The molecule has 8 nitrogen and oxygen atoms in total. The van der Waals surface area contributed by atoms with Crippen molar-refractivity contribution in [2.24, 2.45) is 0 Å². The fourth-order valence-electron chi connectivity index (χ4n) is 4.40. The molecule has 176 valence electrons. The average molecular weight is 472 g/mol. The van der Waals surface area contributed by atoms with Gasteiger partial charge in [-0.1, -0.05) is 12.1 Å². The molecular weight excluding hydrogens is 442 g/mol. The van der Waals surface area contributed by atoms with E-state index < -0.39 is 17.7 Å². The third-order valence-electron chi connectivity index (χ3n) is 6.07. The number of hydrogen-bond donors (Lipinski definition) is 1. The Labute approximate surface area is 197 Å². The fraction of sp³-hybridized carbons (Fsp3) is 0.458. The van der Waals surface area contributed by atoms with Crippen molar-refractivity contribution < 1.29 is 24.2 Å². The lowest BCUT2D eigenvalue weighted by Gasteiger charge is -2.30. The molecule has 0 aliphatic carbocycles. The van der Waals surface area contributed by atoms with Crippen molar-refractivity contribution in [3.05, 3.63) is 56.7 Å². The van der Waals surface area contributed by atoms with E-state index >= 15 is 0 Å². The van der Waals surface area contributed by atoms with E-state index in [1.165, 1.54) is 11.3 Å². The number of aromatic nitrogens is 1.